The number of hydrogen-bond donors (Lipinski definition) is 0. The van der Waals surface area contributed by atoms with Crippen molar-refractivity contribution in [3.8, 4) is 11.8 Å². The second kappa shape index (κ2) is 9.82. The highest BCUT2D eigenvalue weighted by molar-refractivity contribution is 5.94. The van der Waals surface area contributed by atoms with E-state index in [2.05, 4.69) is 32.0 Å². The van der Waals surface area contributed by atoms with Crippen molar-refractivity contribution in [2.75, 3.05) is 20.6 Å². The van der Waals surface area contributed by atoms with Crippen LogP contribution in [-0.2, 0) is 6.54 Å². The number of carbonyl (C=O) groups excluding carboxylic acids is 1. The van der Waals surface area contributed by atoms with E-state index in [0.29, 0.717) is 17.3 Å². The summed E-state index contributed by atoms with van der Waals surface area (Å²) in [5, 5.41) is 0. The predicted molar refractivity (Wildman–Crippen MR) is 120 cm³/mol. The zero-order chi connectivity index (χ0) is 22.5. The molecule has 0 radical (unpaired) electrons. The summed E-state index contributed by atoms with van der Waals surface area (Å²) in [4.78, 5) is 33.8. The molecule has 0 aliphatic carbocycles. The molecular formula is C24H28N6O2. The fourth-order valence-electron chi connectivity index (χ4n) is 3.91. The van der Waals surface area contributed by atoms with Crippen molar-refractivity contribution in [2.45, 2.75) is 38.8 Å². The van der Waals surface area contributed by atoms with Gasteiger partial charge in [-0.25, -0.2) is 19.9 Å². The zero-order valence-electron chi connectivity index (χ0n) is 18.7. The summed E-state index contributed by atoms with van der Waals surface area (Å²) in [7, 11) is 3.48. The fourth-order valence-corrected chi connectivity index (χ4v) is 3.91. The van der Waals surface area contributed by atoms with Gasteiger partial charge in [0.25, 0.3) is 5.91 Å². The number of carbonyl (C=O) groups is 1. The average Bonchev–Trinajstić information content (AvgIpc) is 2.81. The second-order valence-electron chi connectivity index (χ2n) is 8.19. The topological polar surface area (TPSA) is 84.3 Å². The molecular weight excluding hydrogens is 404 g/mol. The molecule has 1 aliphatic rings. The normalized spacial score (nSPS) is 16.5. The molecule has 1 saturated heterocycles. The Hall–Kier alpha value is -3.39. The van der Waals surface area contributed by atoms with Crippen LogP contribution in [0.15, 0.2) is 48.9 Å². The molecule has 1 unspecified atom stereocenters. The van der Waals surface area contributed by atoms with E-state index in [1.807, 2.05) is 19.1 Å². The Balaban J connectivity index is 1.47. The summed E-state index contributed by atoms with van der Waals surface area (Å²) >= 11 is 0. The minimum atomic E-state index is -0.0715. The van der Waals surface area contributed by atoms with Gasteiger partial charge < -0.3 is 9.64 Å². The van der Waals surface area contributed by atoms with Crippen LogP contribution in [0.5, 0.6) is 11.8 Å². The molecule has 0 saturated carbocycles. The molecule has 8 nitrogen and oxygen atoms in total. The number of rotatable bonds is 6. The maximum Gasteiger partial charge on any atom is 0.321 e. The molecule has 166 valence electrons. The van der Waals surface area contributed by atoms with Gasteiger partial charge in [0.05, 0.1) is 17.3 Å². The van der Waals surface area contributed by atoms with Crippen LogP contribution < -0.4 is 4.74 Å². The van der Waals surface area contributed by atoms with Gasteiger partial charge in [-0.05, 0) is 50.1 Å². The van der Waals surface area contributed by atoms with Crippen LogP contribution in [0, 0.1) is 6.92 Å². The lowest BCUT2D eigenvalue weighted by Crippen LogP contribution is -2.34. The van der Waals surface area contributed by atoms with Crippen molar-refractivity contribution in [3.05, 3.63) is 71.6 Å². The number of hydrogen-bond acceptors (Lipinski definition) is 7. The third-order valence-electron chi connectivity index (χ3n) is 5.61. The Morgan fingerprint density at radius 2 is 1.88 bits per heavy atom. The van der Waals surface area contributed by atoms with E-state index in [0.717, 1.165) is 43.9 Å². The third-order valence-corrected chi connectivity index (χ3v) is 5.61. The quantitative estimate of drug-likeness (QED) is 0.586. The largest absolute Gasteiger partial charge is 0.424 e. The van der Waals surface area contributed by atoms with E-state index in [1.165, 1.54) is 5.56 Å². The van der Waals surface area contributed by atoms with Crippen LogP contribution in [0.4, 0.5) is 0 Å². The lowest BCUT2D eigenvalue weighted by atomic mass is 10.00. The van der Waals surface area contributed by atoms with E-state index < -0.39 is 0 Å². The van der Waals surface area contributed by atoms with Gasteiger partial charge in [0, 0.05) is 39.2 Å². The van der Waals surface area contributed by atoms with Crippen molar-refractivity contribution >= 4 is 5.91 Å². The lowest BCUT2D eigenvalue weighted by Gasteiger charge is -2.35. The van der Waals surface area contributed by atoms with E-state index in [1.54, 1.807) is 43.7 Å². The molecule has 4 rings (SSSR count). The molecule has 1 aliphatic heterocycles. The summed E-state index contributed by atoms with van der Waals surface area (Å²) in [5.41, 5.74) is 2.47. The van der Waals surface area contributed by atoms with Gasteiger partial charge in [0.15, 0.2) is 0 Å². The molecule has 3 heterocycles. The number of piperidine rings is 1. The Morgan fingerprint density at radius 3 is 2.56 bits per heavy atom. The highest BCUT2D eigenvalue weighted by Crippen LogP contribution is 2.31. The molecule has 0 N–H and O–H groups in total. The molecule has 0 spiro atoms. The lowest BCUT2D eigenvalue weighted by molar-refractivity contribution is 0.0825. The van der Waals surface area contributed by atoms with Crippen LogP contribution >= 0.6 is 0 Å². The molecule has 3 aromatic rings. The van der Waals surface area contributed by atoms with E-state index in [4.69, 9.17) is 9.72 Å². The first-order valence-electron chi connectivity index (χ1n) is 10.8. The Morgan fingerprint density at radius 1 is 1.12 bits per heavy atom. The zero-order valence-corrected chi connectivity index (χ0v) is 18.7. The van der Waals surface area contributed by atoms with Gasteiger partial charge in [-0.1, -0.05) is 18.6 Å². The first-order chi connectivity index (χ1) is 15.5. The number of benzene rings is 1. The van der Waals surface area contributed by atoms with E-state index >= 15 is 0 Å². The van der Waals surface area contributed by atoms with Crippen molar-refractivity contribution in [1.82, 2.24) is 29.7 Å². The fraction of sp³-hybridized carbons (Fsp3) is 0.375. The highest BCUT2D eigenvalue weighted by Gasteiger charge is 2.27. The molecule has 1 fully saturated rings. The average molecular weight is 433 g/mol. The summed E-state index contributed by atoms with van der Waals surface area (Å²) in [6, 6.07) is 10.2. The molecule has 8 heteroatoms. The molecule has 0 bridgehead atoms. The Bertz CT molecular complexity index is 1060. The Kier molecular flexibility index (Phi) is 6.70. The van der Waals surface area contributed by atoms with Crippen molar-refractivity contribution in [1.29, 1.82) is 0 Å². The number of aryl methyl sites for hydroxylation is 1. The predicted octanol–water partition coefficient (Wildman–Crippen LogP) is 3.80. The minimum Gasteiger partial charge on any atom is -0.424 e. The minimum absolute atomic E-state index is 0.0715. The van der Waals surface area contributed by atoms with Crippen molar-refractivity contribution in [2.24, 2.45) is 0 Å². The first-order valence-corrected chi connectivity index (χ1v) is 10.8. The van der Waals surface area contributed by atoms with Crippen molar-refractivity contribution < 1.29 is 9.53 Å². The molecule has 1 amide bonds. The first kappa shape index (κ1) is 21.8. The van der Waals surface area contributed by atoms with Gasteiger partial charge in [0.2, 0.25) is 0 Å². The molecule has 1 aromatic carbocycles. The monoisotopic (exact) mass is 432 g/mol. The van der Waals surface area contributed by atoms with E-state index in [9.17, 15) is 4.79 Å². The third kappa shape index (κ3) is 5.08. The summed E-state index contributed by atoms with van der Waals surface area (Å²) < 4.78 is 5.69. The number of aromatic nitrogens is 4. The van der Waals surface area contributed by atoms with Crippen LogP contribution in [0.25, 0.3) is 0 Å². The maximum absolute atomic E-state index is 12.3. The maximum atomic E-state index is 12.3. The van der Waals surface area contributed by atoms with Crippen molar-refractivity contribution in [3.63, 3.8) is 0 Å². The van der Waals surface area contributed by atoms with Gasteiger partial charge >= 0.3 is 6.01 Å². The summed E-state index contributed by atoms with van der Waals surface area (Å²) in [6.45, 7) is 3.67. The smallest absolute Gasteiger partial charge is 0.321 e. The number of ether oxygens (including phenoxy) is 1. The van der Waals surface area contributed by atoms with E-state index in [-0.39, 0.29) is 11.9 Å². The summed E-state index contributed by atoms with van der Waals surface area (Å²) in [5.74, 6) is 1.42. The second-order valence-corrected chi connectivity index (χ2v) is 8.19. The number of nitrogens with zero attached hydrogens (tertiary/aromatic N) is 6. The Labute approximate surface area is 188 Å². The standard InChI is InChI=1S/C24H28N6O2/c1-17-20(23(31)29(2)3)15-27-22(28-17)21-7-4-5-14-30(21)16-18-8-10-19(11-9-18)32-24-25-12-6-13-26-24/h6,8-13,15,21H,4-5,7,14,16H2,1-3H3. The van der Waals surface area contributed by atoms with Gasteiger partial charge in [-0.3, -0.25) is 9.69 Å². The van der Waals surface area contributed by atoms with Crippen LogP contribution in [0.3, 0.4) is 0 Å². The number of likely N-dealkylation sites (tertiary alicyclic amines) is 1. The van der Waals surface area contributed by atoms with Gasteiger partial charge in [0.1, 0.15) is 11.6 Å². The molecule has 2 aromatic heterocycles. The van der Waals surface area contributed by atoms with Crippen LogP contribution in [0.1, 0.15) is 52.7 Å². The SMILES string of the molecule is Cc1nc(C2CCCCN2Cc2ccc(Oc3ncccn3)cc2)ncc1C(=O)N(C)C. The molecule has 1 atom stereocenters. The highest BCUT2D eigenvalue weighted by atomic mass is 16.5. The van der Waals surface area contributed by atoms with Crippen LogP contribution in [-0.4, -0.2) is 56.3 Å². The van der Waals surface area contributed by atoms with Gasteiger partial charge in [-0.2, -0.15) is 0 Å². The van der Waals surface area contributed by atoms with Gasteiger partial charge in [-0.15, -0.1) is 0 Å². The molecule has 32 heavy (non-hydrogen) atoms. The van der Waals surface area contributed by atoms with Crippen LogP contribution in [0.2, 0.25) is 0 Å². The summed E-state index contributed by atoms with van der Waals surface area (Å²) in [6.07, 6.45) is 8.28. The number of amides is 1.